The number of hydrogen-bond acceptors (Lipinski definition) is 4. The van der Waals surface area contributed by atoms with Gasteiger partial charge in [0.15, 0.2) is 0 Å². The van der Waals surface area contributed by atoms with Crippen LogP contribution in [0.3, 0.4) is 0 Å². The van der Waals surface area contributed by atoms with Crippen LogP contribution in [0.2, 0.25) is 0 Å². The van der Waals surface area contributed by atoms with Crippen LogP contribution >= 0.6 is 0 Å². The third kappa shape index (κ3) is 3.31. The van der Waals surface area contributed by atoms with Gasteiger partial charge in [-0.2, -0.15) is 0 Å². The number of rotatable bonds is 6. The number of imide groups is 1. The van der Waals surface area contributed by atoms with Gasteiger partial charge in [0, 0.05) is 6.42 Å². The van der Waals surface area contributed by atoms with E-state index in [0.29, 0.717) is 12.8 Å². The van der Waals surface area contributed by atoms with Crippen molar-refractivity contribution in [2.45, 2.75) is 38.5 Å². The third-order valence-electron chi connectivity index (χ3n) is 5.12. The molecule has 24 heavy (non-hydrogen) atoms. The average molecular weight is 332 g/mol. The van der Waals surface area contributed by atoms with E-state index in [2.05, 4.69) is 10.2 Å². The number of nitrogens with zero attached hydrogens (tertiary/aromatic N) is 1. The molecule has 1 aliphatic rings. The minimum Gasteiger partial charge on any atom is -0.497 e. The highest BCUT2D eigenvalue weighted by atomic mass is 16.5. The summed E-state index contributed by atoms with van der Waals surface area (Å²) in [5.74, 6) is 0.326. The number of benzene rings is 1. The van der Waals surface area contributed by atoms with Gasteiger partial charge in [0.2, 0.25) is 11.8 Å². The number of amides is 2. The molecule has 0 unspecified atom stereocenters. The Morgan fingerprint density at radius 2 is 1.96 bits per heavy atom. The molecule has 0 aliphatic carbocycles. The van der Waals surface area contributed by atoms with Crippen LogP contribution in [0.1, 0.15) is 38.7 Å². The summed E-state index contributed by atoms with van der Waals surface area (Å²) in [6.45, 7) is 4.92. The molecule has 132 valence electrons. The van der Waals surface area contributed by atoms with Gasteiger partial charge in [-0.15, -0.1) is 0 Å². The lowest BCUT2D eigenvalue weighted by Crippen LogP contribution is -2.61. The SMILES string of the molecule is COc1cccc([C@]2(CCCN(C)C)C(=O)NC(=O)CC2(C)C)c1. The van der Waals surface area contributed by atoms with Crippen molar-refractivity contribution in [2.75, 3.05) is 27.7 Å². The summed E-state index contributed by atoms with van der Waals surface area (Å²) in [5.41, 5.74) is -0.299. The normalized spacial score (nSPS) is 23.2. The molecule has 1 saturated heterocycles. The second kappa shape index (κ2) is 6.93. The van der Waals surface area contributed by atoms with E-state index in [0.717, 1.165) is 24.3 Å². The van der Waals surface area contributed by atoms with Crippen molar-refractivity contribution in [1.82, 2.24) is 10.2 Å². The van der Waals surface area contributed by atoms with Crippen LogP contribution in [0, 0.1) is 5.41 Å². The molecule has 2 amide bonds. The van der Waals surface area contributed by atoms with Crippen LogP contribution in [0.5, 0.6) is 5.75 Å². The molecule has 1 fully saturated rings. The third-order valence-corrected chi connectivity index (χ3v) is 5.12. The van der Waals surface area contributed by atoms with E-state index in [-0.39, 0.29) is 11.8 Å². The number of piperidine rings is 1. The molecule has 0 spiro atoms. The largest absolute Gasteiger partial charge is 0.497 e. The Balaban J connectivity index is 2.51. The molecule has 5 nitrogen and oxygen atoms in total. The van der Waals surface area contributed by atoms with Gasteiger partial charge in [-0.25, -0.2) is 0 Å². The summed E-state index contributed by atoms with van der Waals surface area (Å²) in [4.78, 5) is 27.1. The first kappa shape index (κ1) is 18.5. The van der Waals surface area contributed by atoms with E-state index in [1.807, 2.05) is 52.2 Å². The summed E-state index contributed by atoms with van der Waals surface area (Å²) >= 11 is 0. The summed E-state index contributed by atoms with van der Waals surface area (Å²) in [7, 11) is 5.66. The molecule has 1 atom stereocenters. The first-order valence-corrected chi connectivity index (χ1v) is 8.36. The predicted octanol–water partition coefficient (Wildman–Crippen LogP) is 2.35. The Hall–Kier alpha value is -1.88. The van der Waals surface area contributed by atoms with Crippen LogP contribution < -0.4 is 10.1 Å². The highest BCUT2D eigenvalue weighted by molar-refractivity contribution is 6.04. The first-order valence-electron chi connectivity index (χ1n) is 8.36. The van der Waals surface area contributed by atoms with Crippen molar-refractivity contribution in [3.8, 4) is 5.75 Å². The van der Waals surface area contributed by atoms with Crippen LogP contribution in [0.25, 0.3) is 0 Å². The molecule has 1 aromatic carbocycles. The lowest BCUT2D eigenvalue weighted by Gasteiger charge is -2.48. The highest BCUT2D eigenvalue weighted by Crippen LogP contribution is 2.50. The summed E-state index contributed by atoms with van der Waals surface area (Å²) in [5, 5.41) is 2.57. The van der Waals surface area contributed by atoms with Gasteiger partial charge in [0.25, 0.3) is 0 Å². The van der Waals surface area contributed by atoms with E-state index < -0.39 is 10.8 Å². The second-order valence-electron chi connectivity index (χ2n) is 7.48. The fourth-order valence-electron chi connectivity index (χ4n) is 3.80. The van der Waals surface area contributed by atoms with Gasteiger partial charge in [-0.1, -0.05) is 26.0 Å². The van der Waals surface area contributed by atoms with Gasteiger partial charge in [0.05, 0.1) is 12.5 Å². The van der Waals surface area contributed by atoms with E-state index in [1.54, 1.807) is 7.11 Å². The van der Waals surface area contributed by atoms with Crippen molar-refractivity contribution in [2.24, 2.45) is 5.41 Å². The topological polar surface area (TPSA) is 58.6 Å². The molecule has 2 rings (SSSR count). The Morgan fingerprint density at radius 1 is 1.25 bits per heavy atom. The smallest absolute Gasteiger partial charge is 0.237 e. The van der Waals surface area contributed by atoms with Crippen LogP contribution in [0.15, 0.2) is 24.3 Å². The maximum atomic E-state index is 13.0. The number of ether oxygens (including phenoxy) is 1. The van der Waals surface area contributed by atoms with Crippen LogP contribution in [0.4, 0.5) is 0 Å². The van der Waals surface area contributed by atoms with E-state index >= 15 is 0 Å². The fourth-order valence-corrected chi connectivity index (χ4v) is 3.80. The molecular formula is C19H28N2O3. The van der Waals surface area contributed by atoms with E-state index in [4.69, 9.17) is 4.74 Å². The van der Waals surface area contributed by atoms with Gasteiger partial charge in [-0.05, 0) is 56.6 Å². The minimum absolute atomic E-state index is 0.198. The molecule has 1 aromatic rings. The molecule has 1 aliphatic heterocycles. The van der Waals surface area contributed by atoms with Crippen molar-refractivity contribution in [1.29, 1.82) is 0 Å². The Kier molecular flexibility index (Phi) is 5.33. The van der Waals surface area contributed by atoms with Gasteiger partial charge in [0.1, 0.15) is 5.75 Å². The summed E-state index contributed by atoms with van der Waals surface area (Å²) < 4.78 is 5.35. The molecule has 5 heteroatoms. The number of carbonyl (C=O) groups excluding carboxylic acids is 2. The zero-order valence-electron chi connectivity index (χ0n) is 15.3. The number of methoxy groups -OCH3 is 1. The average Bonchev–Trinajstić information content (AvgIpc) is 2.49. The molecule has 0 bridgehead atoms. The van der Waals surface area contributed by atoms with Crippen molar-refractivity contribution < 1.29 is 14.3 Å². The van der Waals surface area contributed by atoms with Crippen LogP contribution in [-0.2, 0) is 15.0 Å². The second-order valence-corrected chi connectivity index (χ2v) is 7.48. The van der Waals surface area contributed by atoms with Crippen molar-refractivity contribution in [3.05, 3.63) is 29.8 Å². The zero-order chi connectivity index (χ0) is 18.0. The number of nitrogens with one attached hydrogen (secondary N) is 1. The Bertz CT molecular complexity index is 625. The van der Waals surface area contributed by atoms with Crippen molar-refractivity contribution >= 4 is 11.8 Å². The molecule has 0 saturated carbocycles. The molecule has 1 N–H and O–H groups in total. The predicted molar refractivity (Wildman–Crippen MR) is 94.0 cm³/mol. The monoisotopic (exact) mass is 332 g/mol. The quantitative estimate of drug-likeness (QED) is 0.813. The van der Waals surface area contributed by atoms with Gasteiger partial charge < -0.3 is 9.64 Å². The fraction of sp³-hybridized carbons (Fsp3) is 0.579. The molecule has 0 radical (unpaired) electrons. The number of hydrogen-bond donors (Lipinski definition) is 1. The molecular weight excluding hydrogens is 304 g/mol. The molecule has 1 heterocycles. The van der Waals surface area contributed by atoms with E-state index in [9.17, 15) is 9.59 Å². The first-order chi connectivity index (χ1) is 11.2. The van der Waals surface area contributed by atoms with Crippen molar-refractivity contribution in [3.63, 3.8) is 0 Å². The minimum atomic E-state index is -0.745. The maximum Gasteiger partial charge on any atom is 0.237 e. The lowest BCUT2D eigenvalue weighted by molar-refractivity contribution is -0.145. The summed E-state index contributed by atoms with van der Waals surface area (Å²) in [6.07, 6.45) is 1.89. The number of carbonyl (C=O) groups is 2. The van der Waals surface area contributed by atoms with Gasteiger partial charge in [-0.3, -0.25) is 14.9 Å². The maximum absolute atomic E-state index is 13.0. The zero-order valence-corrected chi connectivity index (χ0v) is 15.3. The Morgan fingerprint density at radius 3 is 2.54 bits per heavy atom. The Labute approximate surface area is 144 Å². The highest BCUT2D eigenvalue weighted by Gasteiger charge is 2.55. The standard InChI is InChI=1S/C19H28N2O3/c1-18(2)13-16(22)20-17(23)19(18,10-7-11-21(3)4)14-8-6-9-15(12-14)24-5/h6,8-9,12H,7,10-11,13H2,1-5H3,(H,20,22,23)/t19-/m1/s1. The summed E-state index contributed by atoms with van der Waals surface area (Å²) in [6, 6.07) is 7.67. The van der Waals surface area contributed by atoms with Gasteiger partial charge >= 0.3 is 0 Å². The molecule has 0 aromatic heterocycles. The lowest BCUT2D eigenvalue weighted by atomic mass is 9.56. The van der Waals surface area contributed by atoms with E-state index in [1.165, 1.54) is 0 Å². The van der Waals surface area contributed by atoms with Crippen LogP contribution in [-0.4, -0.2) is 44.5 Å².